The van der Waals surface area contributed by atoms with Crippen LogP contribution in [0.3, 0.4) is 0 Å². The molecule has 0 aliphatic carbocycles. The van der Waals surface area contributed by atoms with E-state index in [-0.39, 0.29) is 11.1 Å². The Morgan fingerprint density at radius 1 is 0.800 bits per heavy atom. The molecule has 5 heteroatoms. The van der Waals surface area contributed by atoms with Crippen molar-refractivity contribution in [2.75, 3.05) is 5.32 Å². The molecule has 1 heterocycles. The Hall–Kier alpha value is -2.95. The van der Waals surface area contributed by atoms with Crippen LogP contribution in [0, 0.1) is 0 Å². The highest BCUT2D eigenvalue weighted by Crippen LogP contribution is 2.23. The number of nitrogens with one attached hydrogen (secondary N) is 1. The highest BCUT2D eigenvalue weighted by Gasteiger charge is 2.39. The predicted octanol–water partition coefficient (Wildman–Crippen LogP) is 2.51. The van der Waals surface area contributed by atoms with Crippen molar-refractivity contribution in [1.29, 1.82) is 0 Å². The van der Waals surface area contributed by atoms with Crippen molar-refractivity contribution in [2.24, 2.45) is 0 Å². The molecule has 98 valence electrons. The first-order chi connectivity index (χ1) is 9.68. The molecule has 0 atom stereocenters. The molecule has 0 saturated heterocycles. The molecule has 1 aliphatic rings. The number of fused-ring (bicyclic) bond motifs is 1. The van der Waals surface area contributed by atoms with E-state index in [0.717, 1.165) is 0 Å². The van der Waals surface area contributed by atoms with Gasteiger partial charge in [0.1, 0.15) is 0 Å². The lowest BCUT2D eigenvalue weighted by Gasteiger charge is -2.12. The molecule has 2 aromatic rings. The maximum absolute atomic E-state index is 12.1. The summed E-state index contributed by atoms with van der Waals surface area (Å²) in [5.41, 5.74) is 1.02. The normalized spacial score (nSPS) is 13.3. The number of carbonyl (C=O) groups excluding carboxylic acids is 3. The number of imide groups is 3. The van der Waals surface area contributed by atoms with Gasteiger partial charge < -0.3 is 5.32 Å². The Balaban J connectivity index is 1.88. The third-order valence-corrected chi connectivity index (χ3v) is 3.02. The number of benzene rings is 2. The maximum Gasteiger partial charge on any atom is 0.336 e. The van der Waals surface area contributed by atoms with Crippen LogP contribution < -0.4 is 5.32 Å². The first kappa shape index (κ1) is 12.1. The van der Waals surface area contributed by atoms with Gasteiger partial charge in [-0.25, -0.2) is 4.79 Å². The van der Waals surface area contributed by atoms with Gasteiger partial charge in [0.2, 0.25) is 0 Å². The molecule has 20 heavy (non-hydrogen) atoms. The van der Waals surface area contributed by atoms with Gasteiger partial charge in [0.25, 0.3) is 11.8 Å². The van der Waals surface area contributed by atoms with Crippen LogP contribution in [-0.4, -0.2) is 22.7 Å². The molecule has 0 aromatic heterocycles. The highest BCUT2D eigenvalue weighted by atomic mass is 16.2. The molecule has 0 spiro atoms. The van der Waals surface area contributed by atoms with Gasteiger partial charge in [-0.2, -0.15) is 4.90 Å². The molecule has 0 radical (unpaired) electrons. The molecule has 1 N–H and O–H groups in total. The van der Waals surface area contributed by atoms with E-state index in [0.29, 0.717) is 10.6 Å². The Kier molecular flexibility index (Phi) is 2.80. The summed E-state index contributed by atoms with van der Waals surface area (Å²) in [6.45, 7) is 0. The van der Waals surface area contributed by atoms with Crippen LogP contribution in [-0.2, 0) is 0 Å². The molecule has 0 unspecified atom stereocenters. The largest absolute Gasteiger partial charge is 0.336 e. The average molecular weight is 266 g/mol. The first-order valence-corrected chi connectivity index (χ1v) is 6.02. The lowest BCUT2D eigenvalue weighted by molar-refractivity contribution is 0.0713. The third-order valence-electron chi connectivity index (χ3n) is 3.02. The Labute approximate surface area is 114 Å². The van der Waals surface area contributed by atoms with E-state index >= 15 is 0 Å². The fraction of sp³-hybridized carbons (Fsp3) is 0. The van der Waals surface area contributed by atoms with Crippen LogP contribution in [0.1, 0.15) is 20.7 Å². The van der Waals surface area contributed by atoms with Crippen molar-refractivity contribution in [2.45, 2.75) is 0 Å². The summed E-state index contributed by atoms with van der Waals surface area (Å²) in [4.78, 5) is 36.9. The number of anilines is 1. The molecular formula is C15H10N2O3. The van der Waals surface area contributed by atoms with Crippen molar-refractivity contribution in [1.82, 2.24) is 4.90 Å². The van der Waals surface area contributed by atoms with E-state index in [1.165, 1.54) is 12.1 Å². The zero-order valence-electron chi connectivity index (χ0n) is 10.4. The van der Waals surface area contributed by atoms with Gasteiger partial charge >= 0.3 is 6.03 Å². The highest BCUT2D eigenvalue weighted by molar-refractivity contribution is 6.30. The molecule has 3 rings (SSSR count). The summed E-state index contributed by atoms with van der Waals surface area (Å²) in [6.07, 6.45) is 0. The third kappa shape index (κ3) is 1.85. The maximum atomic E-state index is 12.1. The molecule has 4 amide bonds. The number of rotatable bonds is 1. The minimum absolute atomic E-state index is 0.251. The van der Waals surface area contributed by atoms with Crippen LogP contribution in [0.15, 0.2) is 54.6 Å². The molecule has 0 saturated carbocycles. The summed E-state index contributed by atoms with van der Waals surface area (Å²) in [5.74, 6) is -1.20. The van der Waals surface area contributed by atoms with E-state index in [1.807, 2.05) is 0 Å². The fourth-order valence-electron chi connectivity index (χ4n) is 2.07. The second-order valence-corrected chi connectivity index (χ2v) is 4.29. The minimum Gasteiger partial charge on any atom is -0.307 e. The number of carbonyl (C=O) groups is 3. The first-order valence-electron chi connectivity index (χ1n) is 6.02. The summed E-state index contributed by atoms with van der Waals surface area (Å²) < 4.78 is 0. The average Bonchev–Trinajstić information content (AvgIpc) is 2.72. The Bertz CT molecular complexity index is 675. The number of nitrogens with zero attached hydrogens (tertiary/aromatic N) is 1. The van der Waals surface area contributed by atoms with Gasteiger partial charge in [-0.1, -0.05) is 30.3 Å². The number of para-hydroxylation sites is 1. The summed E-state index contributed by atoms with van der Waals surface area (Å²) in [7, 11) is 0. The smallest absolute Gasteiger partial charge is 0.307 e. The van der Waals surface area contributed by atoms with E-state index in [9.17, 15) is 14.4 Å². The van der Waals surface area contributed by atoms with Crippen LogP contribution in [0.5, 0.6) is 0 Å². The molecule has 0 bridgehead atoms. The SMILES string of the molecule is O=C(Nc1ccccc1)N1C(=O)c2ccccc2C1=O. The number of amides is 4. The fourth-order valence-corrected chi connectivity index (χ4v) is 2.07. The van der Waals surface area contributed by atoms with Crippen LogP contribution >= 0.6 is 0 Å². The lowest BCUT2D eigenvalue weighted by Crippen LogP contribution is -2.39. The quantitative estimate of drug-likeness (QED) is 0.806. The Morgan fingerprint density at radius 2 is 1.30 bits per heavy atom. The number of urea groups is 1. The molecule has 0 fully saturated rings. The molecule has 2 aromatic carbocycles. The van der Waals surface area contributed by atoms with Crippen molar-refractivity contribution in [3.63, 3.8) is 0 Å². The van der Waals surface area contributed by atoms with E-state index in [4.69, 9.17) is 0 Å². The molecular weight excluding hydrogens is 256 g/mol. The van der Waals surface area contributed by atoms with E-state index < -0.39 is 17.8 Å². The second-order valence-electron chi connectivity index (χ2n) is 4.29. The van der Waals surface area contributed by atoms with Gasteiger partial charge in [0.05, 0.1) is 11.1 Å². The zero-order chi connectivity index (χ0) is 14.1. The van der Waals surface area contributed by atoms with E-state index in [1.54, 1.807) is 42.5 Å². The number of hydrogen-bond donors (Lipinski definition) is 1. The summed E-state index contributed by atoms with van der Waals surface area (Å²) in [5, 5.41) is 2.52. The van der Waals surface area contributed by atoms with Crippen molar-refractivity contribution in [3.05, 3.63) is 65.7 Å². The van der Waals surface area contributed by atoms with Crippen molar-refractivity contribution in [3.8, 4) is 0 Å². The van der Waals surface area contributed by atoms with E-state index in [2.05, 4.69) is 5.32 Å². The standard InChI is InChI=1S/C15H10N2O3/c18-13-11-8-4-5-9-12(11)14(19)17(13)15(20)16-10-6-2-1-3-7-10/h1-9H,(H,16,20). The van der Waals surface area contributed by atoms with Crippen LogP contribution in [0.4, 0.5) is 10.5 Å². The molecule has 1 aliphatic heterocycles. The van der Waals surface area contributed by atoms with Gasteiger partial charge in [0.15, 0.2) is 0 Å². The van der Waals surface area contributed by atoms with Crippen LogP contribution in [0.25, 0.3) is 0 Å². The zero-order valence-corrected chi connectivity index (χ0v) is 10.4. The topological polar surface area (TPSA) is 66.5 Å². The summed E-state index contributed by atoms with van der Waals surface area (Å²) in [6, 6.07) is 14.3. The molecule has 5 nitrogen and oxygen atoms in total. The van der Waals surface area contributed by atoms with Gasteiger partial charge in [0, 0.05) is 5.69 Å². The monoisotopic (exact) mass is 266 g/mol. The van der Waals surface area contributed by atoms with Gasteiger partial charge in [-0.3, -0.25) is 9.59 Å². The van der Waals surface area contributed by atoms with Crippen LogP contribution in [0.2, 0.25) is 0 Å². The van der Waals surface area contributed by atoms with Crippen molar-refractivity contribution >= 4 is 23.5 Å². The summed E-state index contributed by atoms with van der Waals surface area (Å²) >= 11 is 0. The predicted molar refractivity (Wildman–Crippen MR) is 72.4 cm³/mol. The second kappa shape index (κ2) is 4.62. The van der Waals surface area contributed by atoms with Crippen molar-refractivity contribution < 1.29 is 14.4 Å². The van der Waals surface area contributed by atoms with Gasteiger partial charge in [-0.05, 0) is 24.3 Å². The van der Waals surface area contributed by atoms with Gasteiger partial charge in [-0.15, -0.1) is 0 Å². The minimum atomic E-state index is -0.748. The Morgan fingerprint density at radius 3 is 1.85 bits per heavy atom. The lowest BCUT2D eigenvalue weighted by atomic mass is 10.1. The number of hydrogen-bond acceptors (Lipinski definition) is 3.